The number of carbonyl (C=O) groups is 1. The van der Waals surface area contributed by atoms with Gasteiger partial charge in [0.25, 0.3) is 5.91 Å². The highest BCUT2D eigenvalue weighted by atomic mass is 32.2. The van der Waals surface area contributed by atoms with Crippen LogP contribution in [0.15, 0.2) is 29.7 Å². The highest BCUT2D eigenvalue weighted by molar-refractivity contribution is 8.02. The lowest BCUT2D eigenvalue weighted by Gasteiger charge is -1.98. The number of hydrogen-bond acceptors (Lipinski definition) is 2. The Balaban J connectivity index is 2.24. The van der Waals surface area contributed by atoms with E-state index in [4.69, 9.17) is 0 Å². The third kappa shape index (κ3) is 2.07. The van der Waals surface area contributed by atoms with E-state index >= 15 is 0 Å². The molecule has 78 valence electrons. The van der Waals surface area contributed by atoms with Crippen molar-refractivity contribution in [2.45, 2.75) is 13.3 Å². The molecular formula is C12H13NOS. The van der Waals surface area contributed by atoms with Crippen LogP contribution in [0.5, 0.6) is 0 Å². The number of fused-ring (bicyclic) bond motifs is 1. The molecule has 0 saturated heterocycles. The van der Waals surface area contributed by atoms with Crippen molar-refractivity contribution in [2.75, 3.05) is 5.75 Å². The predicted octanol–water partition coefficient (Wildman–Crippen LogP) is 2.87. The van der Waals surface area contributed by atoms with Crippen molar-refractivity contribution in [3.63, 3.8) is 0 Å². The second kappa shape index (κ2) is 4.53. The lowest BCUT2D eigenvalue weighted by atomic mass is 10.1. The number of benzene rings is 1. The molecule has 0 bridgehead atoms. The van der Waals surface area contributed by atoms with Gasteiger partial charge in [-0.15, -0.1) is 11.8 Å². The Morgan fingerprint density at radius 1 is 1.33 bits per heavy atom. The molecule has 2 rings (SSSR count). The molecule has 0 saturated carbocycles. The third-order valence-electron chi connectivity index (χ3n) is 2.23. The molecule has 0 fully saturated rings. The summed E-state index contributed by atoms with van der Waals surface area (Å²) in [4.78, 5) is 11.5. The van der Waals surface area contributed by atoms with Crippen LogP contribution in [0.25, 0.3) is 5.70 Å². The largest absolute Gasteiger partial charge is 0.321 e. The second-order valence-corrected chi connectivity index (χ2v) is 4.38. The molecule has 0 aliphatic carbocycles. The lowest BCUT2D eigenvalue weighted by Crippen LogP contribution is -2.11. The van der Waals surface area contributed by atoms with Crippen LogP contribution in [-0.2, 0) is 0 Å². The van der Waals surface area contributed by atoms with Crippen LogP contribution >= 0.6 is 11.8 Å². The van der Waals surface area contributed by atoms with Crippen molar-refractivity contribution in [1.82, 2.24) is 5.32 Å². The van der Waals surface area contributed by atoms with Gasteiger partial charge in [-0.2, -0.15) is 0 Å². The molecule has 1 aliphatic heterocycles. The summed E-state index contributed by atoms with van der Waals surface area (Å²) in [6.45, 7) is 2.15. The summed E-state index contributed by atoms with van der Waals surface area (Å²) < 4.78 is 0. The van der Waals surface area contributed by atoms with E-state index in [2.05, 4.69) is 12.2 Å². The number of nitrogens with one attached hydrogen (secondary N) is 1. The minimum atomic E-state index is 0.00829. The topological polar surface area (TPSA) is 29.1 Å². The van der Waals surface area contributed by atoms with Crippen LogP contribution in [-0.4, -0.2) is 11.7 Å². The molecule has 2 nitrogen and oxygen atoms in total. The first-order valence-electron chi connectivity index (χ1n) is 5.05. The number of carbonyl (C=O) groups excluding carboxylic acids is 1. The van der Waals surface area contributed by atoms with E-state index in [9.17, 15) is 4.79 Å². The molecule has 3 heteroatoms. The maximum absolute atomic E-state index is 11.5. The minimum Gasteiger partial charge on any atom is -0.321 e. The summed E-state index contributed by atoms with van der Waals surface area (Å²) in [5.41, 5.74) is 2.74. The third-order valence-corrected chi connectivity index (χ3v) is 3.28. The van der Waals surface area contributed by atoms with Crippen LogP contribution < -0.4 is 5.32 Å². The number of rotatable bonds is 3. The van der Waals surface area contributed by atoms with Gasteiger partial charge in [-0.3, -0.25) is 4.79 Å². The Kier molecular flexibility index (Phi) is 3.11. The van der Waals surface area contributed by atoms with Gasteiger partial charge in [-0.1, -0.05) is 25.1 Å². The van der Waals surface area contributed by atoms with E-state index < -0.39 is 0 Å². The number of amides is 1. The number of hydrogen-bond donors (Lipinski definition) is 1. The van der Waals surface area contributed by atoms with Gasteiger partial charge in [0.05, 0.1) is 5.70 Å². The van der Waals surface area contributed by atoms with Crippen LogP contribution in [0.4, 0.5) is 0 Å². The molecule has 15 heavy (non-hydrogen) atoms. The SMILES string of the molecule is CCCSC=C1NC(=O)c2ccccc21. The van der Waals surface area contributed by atoms with Crippen LogP contribution in [0, 0.1) is 0 Å². The highest BCUT2D eigenvalue weighted by Crippen LogP contribution is 2.26. The van der Waals surface area contributed by atoms with Crippen molar-refractivity contribution in [1.29, 1.82) is 0 Å². The van der Waals surface area contributed by atoms with E-state index in [0.717, 1.165) is 29.0 Å². The zero-order valence-corrected chi connectivity index (χ0v) is 9.43. The monoisotopic (exact) mass is 219 g/mol. The molecule has 1 amide bonds. The molecular weight excluding hydrogens is 206 g/mol. The average molecular weight is 219 g/mol. The van der Waals surface area contributed by atoms with Crippen LogP contribution in [0.1, 0.15) is 29.3 Å². The van der Waals surface area contributed by atoms with Crippen molar-refractivity contribution in [3.8, 4) is 0 Å². The highest BCUT2D eigenvalue weighted by Gasteiger charge is 2.22. The van der Waals surface area contributed by atoms with Gasteiger partial charge in [-0.05, 0) is 23.6 Å². The fourth-order valence-corrected chi connectivity index (χ4v) is 2.23. The normalized spacial score (nSPS) is 16.6. The van der Waals surface area contributed by atoms with Crippen molar-refractivity contribution in [3.05, 3.63) is 40.8 Å². The Morgan fingerprint density at radius 3 is 2.80 bits per heavy atom. The summed E-state index contributed by atoms with van der Waals surface area (Å²) in [5.74, 6) is 1.09. The summed E-state index contributed by atoms with van der Waals surface area (Å²) in [6, 6.07) is 7.68. The summed E-state index contributed by atoms with van der Waals surface area (Å²) in [5, 5.41) is 4.91. The molecule has 0 unspecified atom stereocenters. The van der Waals surface area contributed by atoms with E-state index in [-0.39, 0.29) is 5.91 Å². The van der Waals surface area contributed by atoms with Gasteiger partial charge >= 0.3 is 0 Å². The van der Waals surface area contributed by atoms with Crippen LogP contribution in [0.2, 0.25) is 0 Å². The predicted molar refractivity (Wildman–Crippen MR) is 64.6 cm³/mol. The molecule has 0 spiro atoms. The summed E-state index contributed by atoms with van der Waals surface area (Å²) in [6.07, 6.45) is 1.14. The van der Waals surface area contributed by atoms with Gasteiger partial charge in [0.1, 0.15) is 0 Å². The average Bonchev–Trinajstić information content (AvgIpc) is 2.58. The molecule has 0 radical (unpaired) electrons. The fraction of sp³-hybridized carbons (Fsp3) is 0.250. The minimum absolute atomic E-state index is 0.00829. The van der Waals surface area contributed by atoms with E-state index in [1.807, 2.05) is 29.7 Å². The quantitative estimate of drug-likeness (QED) is 0.792. The van der Waals surface area contributed by atoms with Gasteiger partial charge in [0, 0.05) is 11.1 Å². The Hall–Kier alpha value is -1.22. The zero-order valence-electron chi connectivity index (χ0n) is 8.62. The van der Waals surface area contributed by atoms with Crippen molar-refractivity contribution >= 4 is 23.4 Å². The zero-order chi connectivity index (χ0) is 10.7. The Morgan fingerprint density at radius 2 is 2.07 bits per heavy atom. The molecule has 1 aromatic carbocycles. The van der Waals surface area contributed by atoms with Crippen molar-refractivity contribution < 1.29 is 4.79 Å². The van der Waals surface area contributed by atoms with Gasteiger partial charge < -0.3 is 5.32 Å². The fourth-order valence-electron chi connectivity index (χ4n) is 1.53. The second-order valence-electron chi connectivity index (χ2n) is 3.40. The molecule has 0 aromatic heterocycles. The Bertz CT molecular complexity index is 412. The molecule has 1 N–H and O–H groups in total. The first kappa shape index (κ1) is 10.3. The summed E-state index contributed by atoms with van der Waals surface area (Å²) in [7, 11) is 0. The van der Waals surface area contributed by atoms with Crippen molar-refractivity contribution in [2.24, 2.45) is 0 Å². The number of thioether (sulfide) groups is 1. The maximum Gasteiger partial charge on any atom is 0.256 e. The van der Waals surface area contributed by atoms with Gasteiger partial charge in [-0.25, -0.2) is 0 Å². The van der Waals surface area contributed by atoms with Gasteiger partial charge in [0.15, 0.2) is 0 Å². The lowest BCUT2D eigenvalue weighted by molar-refractivity contribution is 0.0981. The molecule has 1 heterocycles. The molecule has 1 aliphatic rings. The standard InChI is InChI=1S/C12H13NOS/c1-2-7-15-8-11-9-5-3-4-6-10(9)12(14)13-11/h3-6,8H,2,7H2,1H3,(H,13,14). The maximum atomic E-state index is 11.5. The van der Waals surface area contributed by atoms with E-state index in [0.29, 0.717) is 0 Å². The van der Waals surface area contributed by atoms with Gasteiger partial charge in [0.2, 0.25) is 0 Å². The van der Waals surface area contributed by atoms with E-state index in [1.54, 1.807) is 11.8 Å². The molecule has 0 atom stereocenters. The smallest absolute Gasteiger partial charge is 0.256 e. The first-order chi connectivity index (χ1) is 7.33. The summed E-state index contributed by atoms with van der Waals surface area (Å²) >= 11 is 1.74. The Labute approximate surface area is 93.8 Å². The van der Waals surface area contributed by atoms with E-state index in [1.165, 1.54) is 0 Å². The molecule has 1 aromatic rings. The first-order valence-corrected chi connectivity index (χ1v) is 6.10. The van der Waals surface area contributed by atoms with Crippen LogP contribution in [0.3, 0.4) is 0 Å².